The second-order valence-electron chi connectivity index (χ2n) is 18.2. The second-order valence-corrected chi connectivity index (χ2v) is 19.9. The molecule has 2 aliphatic carbocycles. The van der Waals surface area contributed by atoms with Crippen molar-refractivity contribution in [1.82, 2.24) is 20.4 Å². The van der Waals surface area contributed by atoms with Gasteiger partial charge >= 0.3 is 65.1 Å². The molecule has 2 aliphatic heterocycles. The van der Waals surface area contributed by atoms with E-state index < -0.39 is 23.3 Å². The van der Waals surface area contributed by atoms with Crippen molar-refractivity contribution in [2.24, 2.45) is 21.8 Å². The number of carbonyl (C=O) groups is 6. The zero-order valence-electron chi connectivity index (χ0n) is 40.1. The number of nitrogens with zero attached hydrogens (tertiary/aromatic N) is 4. The van der Waals surface area contributed by atoms with Crippen molar-refractivity contribution in [3.05, 3.63) is 138 Å². The van der Waals surface area contributed by atoms with Crippen LogP contribution in [0.25, 0.3) is 0 Å². The fraction of sp³-hybridized carbons (Fsp3) is 0.360. The average Bonchev–Trinajstić information content (AvgIpc) is 4.20. The molecule has 21 heteroatoms. The number of rotatable bonds is 16. The van der Waals surface area contributed by atoms with Crippen molar-refractivity contribution in [2.75, 3.05) is 13.1 Å². The topological polar surface area (TPSA) is 231 Å². The number of carbonyl (C=O) groups excluding carboxylic acids is 5. The third-order valence-electron chi connectivity index (χ3n) is 12.0. The van der Waals surface area contributed by atoms with Gasteiger partial charge in [-0.25, -0.2) is 0 Å². The predicted octanol–water partition coefficient (Wildman–Crippen LogP) is 1.93. The third kappa shape index (κ3) is 14.7. The quantitative estimate of drug-likeness (QED) is 0.139. The number of hydrogen-bond acceptors (Lipinski definition) is 10. The Hall–Kier alpha value is -3.84. The van der Waals surface area contributed by atoms with Crippen LogP contribution in [-0.2, 0) is 19.2 Å². The summed E-state index contributed by atoms with van der Waals surface area (Å²) in [7, 11) is 0. The molecule has 71 heavy (non-hydrogen) atoms. The van der Waals surface area contributed by atoms with Crippen LogP contribution in [0.2, 0.25) is 20.1 Å². The molecule has 0 aromatic heterocycles. The second kappa shape index (κ2) is 24.9. The molecule has 2 saturated carbocycles. The van der Waals surface area contributed by atoms with Crippen LogP contribution in [-0.4, -0.2) is 91.8 Å². The summed E-state index contributed by atoms with van der Waals surface area (Å²) in [5.41, 5.74) is 2.94. The Labute approximate surface area is 476 Å². The smallest absolute Gasteiger partial charge is 0.870 e. The van der Waals surface area contributed by atoms with Crippen molar-refractivity contribution in [3.63, 3.8) is 0 Å². The van der Waals surface area contributed by atoms with Crippen LogP contribution in [0.15, 0.2) is 94.9 Å². The molecule has 0 unspecified atom stereocenters. The van der Waals surface area contributed by atoms with Gasteiger partial charge in [0.25, 0.3) is 23.6 Å². The number of amides is 4. The number of carboxylic acids is 2. The van der Waals surface area contributed by atoms with E-state index in [0.29, 0.717) is 65.6 Å². The summed E-state index contributed by atoms with van der Waals surface area (Å²) in [6, 6.07) is 23.7. The van der Waals surface area contributed by atoms with Gasteiger partial charge in [0.1, 0.15) is 22.7 Å². The van der Waals surface area contributed by atoms with Gasteiger partial charge in [-0.15, -0.1) is 0 Å². The van der Waals surface area contributed by atoms with E-state index >= 15 is 0 Å². The van der Waals surface area contributed by atoms with Gasteiger partial charge in [-0.1, -0.05) is 70.7 Å². The summed E-state index contributed by atoms with van der Waals surface area (Å²) in [4.78, 5) is 86.2. The molecule has 4 aliphatic rings. The number of hydrogen-bond donors (Lipinski definition) is 3. The molecule has 4 aromatic carbocycles. The summed E-state index contributed by atoms with van der Waals surface area (Å²) in [6.07, 6.45) is 3.60. The molecule has 2 atom stereocenters. The van der Waals surface area contributed by atoms with Crippen molar-refractivity contribution in [2.45, 2.75) is 89.6 Å². The van der Waals surface area contributed by atoms with Crippen LogP contribution in [0.1, 0.15) is 121 Å². The minimum atomic E-state index is -1.22. The SMILES string of the molecule is CC1(C)N=C(c2cc(Cl)cc(Cl)c2)C(=O)N1[C@@H](c1ccc(C(=O)NCCC(=O)O)cc1)C1CC1.CC1(C)N=C(c2cc(Cl)cc(Cl)c2)C(=O)N1[C@@H](c1ccc(C(=O)NCCC(=O)[O-])cc1)C1CC1.[Na+].[Na+].[OH-]. The summed E-state index contributed by atoms with van der Waals surface area (Å²) < 4.78 is 0. The maximum Gasteiger partial charge on any atom is 1.00 e. The molecule has 0 spiro atoms. The van der Waals surface area contributed by atoms with Gasteiger partial charge in [0, 0.05) is 67.8 Å². The maximum absolute atomic E-state index is 13.6. The van der Waals surface area contributed by atoms with Gasteiger partial charge in [-0.2, -0.15) is 0 Å². The van der Waals surface area contributed by atoms with Crippen LogP contribution in [0.5, 0.6) is 0 Å². The molecule has 0 saturated heterocycles. The zero-order valence-corrected chi connectivity index (χ0v) is 47.1. The van der Waals surface area contributed by atoms with E-state index in [4.69, 9.17) is 61.5 Å². The number of carboxylic acid groups (broad SMARTS) is 2. The molecule has 15 nitrogen and oxygen atoms in total. The molecule has 2 fully saturated rings. The van der Waals surface area contributed by atoms with E-state index in [1.165, 1.54) is 0 Å². The van der Waals surface area contributed by atoms with Crippen molar-refractivity contribution in [3.8, 4) is 0 Å². The van der Waals surface area contributed by atoms with Crippen LogP contribution >= 0.6 is 46.4 Å². The Balaban J connectivity index is 0.000000296. The fourth-order valence-electron chi connectivity index (χ4n) is 8.68. The normalized spacial score (nSPS) is 17.2. The van der Waals surface area contributed by atoms with Crippen molar-refractivity contribution in [1.29, 1.82) is 0 Å². The number of benzene rings is 4. The standard InChI is InChI=1S/2C25H25Cl2N3O4.2Na.H2O/c2*1-25(2)29-21(17-11-18(26)13-19(27)12-17)24(34)30(25)22(14-3-4-14)15-5-7-16(8-6-15)23(33)28-10-9-20(31)32;;;/h2*5-8,11-14,22H,3-4,9-10H2,1-2H3,(H,28,33)(H,31,32);;;1H2/q;;2*+1;/p-2/t2*22-;;;/m11.../s1. The van der Waals surface area contributed by atoms with Crippen molar-refractivity contribution < 1.29 is 104 Å². The molecule has 4 aromatic rings. The van der Waals surface area contributed by atoms with Gasteiger partial charge in [0.05, 0.1) is 18.5 Å². The third-order valence-corrected chi connectivity index (χ3v) is 12.9. The predicted molar refractivity (Wildman–Crippen MR) is 260 cm³/mol. The van der Waals surface area contributed by atoms with E-state index in [2.05, 4.69) is 10.6 Å². The van der Waals surface area contributed by atoms with Gasteiger partial charge in [0.15, 0.2) is 0 Å². The Kier molecular flexibility index (Phi) is 21.0. The van der Waals surface area contributed by atoms with E-state index in [0.717, 1.165) is 36.8 Å². The number of nitrogens with one attached hydrogen (secondary N) is 2. The number of aliphatic imine (C=N–C) groups is 2. The first-order valence-corrected chi connectivity index (χ1v) is 23.6. The summed E-state index contributed by atoms with van der Waals surface area (Å²) in [5.74, 6) is -2.67. The molecule has 2 heterocycles. The Morgan fingerprint density at radius 2 is 0.944 bits per heavy atom. The van der Waals surface area contributed by atoms with E-state index in [1.54, 1.807) is 60.7 Å². The van der Waals surface area contributed by atoms with Crippen LogP contribution in [0.4, 0.5) is 0 Å². The van der Waals surface area contributed by atoms with E-state index in [1.807, 2.05) is 61.8 Å². The number of halogens is 4. The fourth-order valence-corrected chi connectivity index (χ4v) is 9.73. The Morgan fingerprint density at radius 3 is 1.24 bits per heavy atom. The van der Waals surface area contributed by atoms with Crippen LogP contribution < -0.4 is 74.9 Å². The average molecular weight is 1070 g/mol. The Bertz CT molecular complexity index is 2510. The summed E-state index contributed by atoms with van der Waals surface area (Å²) in [6.45, 7) is 7.67. The molecule has 0 bridgehead atoms. The van der Waals surface area contributed by atoms with E-state index in [-0.39, 0.29) is 126 Å². The van der Waals surface area contributed by atoms with Gasteiger partial charge in [-0.05, 0) is 137 Å². The van der Waals surface area contributed by atoms with Crippen LogP contribution in [0.3, 0.4) is 0 Å². The molecule has 8 rings (SSSR count). The van der Waals surface area contributed by atoms with Gasteiger partial charge in [0.2, 0.25) is 0 Å². The first-order valence-electron chi connectivity index (χ1n) is 22.1. The molecular formula is C50H50Cl4N6Na2O9. The minimum absolute atomic E-state index is 0. The first-order chi connectivity index (χ1) is 32.1. The minimum Gasteiger partial charge on any atom is -0.870 e. The Morgan fingerprint density at radius 1 is 0.620 bits per heavy atom. The van der Waals surface area contributed by atoms with Crippen LogP contribution in [0, 0.1) is 11.8 Å². The molecular weight excluding hydrogens is 1020 g/mol. The zero-order chi connectivity index (χ0) is 49.2. The molecule has 364 valence electrons. The largest absolute Gasteiger partial charge is 1.00 e. The van der Waals surface area contributed by atoms with Crippen molar-refractivity contribution >= 4 is 93.4 Å². The summed E-state index contributed by atoms with van der Waals surface area (Å²) in [5, 5.41) is 26.2. The summed E-state index contributed by atoms with van der Waals surface area (Å²) >= 11 is 24.6. The van der Waals surface area contributed by atoms with E-state index in [9.17, 15) is 33.9 Å². The molecule has 4 N–H and O–H groups in total. The van der Waals surface area contributed by atoms with Gasteiger partial charge < -0.3 is 40.9 Å². The monoisotopic (exact) mass is 1060 g/mol. The maximum atomic E-state index is 13.6. The molecule has 4 amide bonds. The van der Waals surface area contributed by atoms with Gasteiger partial charge in [-0.3, -0.25) is 34.0 Å². The number of aliphatic carboxylic acids is 2. The molecule has 0 radical (unpaired) electrons. The first kappa shape index (κ1) is 59.7.